The zero-order valence-corrected chi connectivity index (χ0v) is 25.1. The Balaban J connectivity index is 1.35. The fourth-order valence-electron chi connectivity index (χ4n) is 6.71. The van der Waals surface area contributed by atoms with E-state index in [1.807, 2.05) is 45.0 Å². The van der Waals surface area contributed by atoms with E-state index in [4.69, 9.17) is 5.11 Å². The molecule has 2 aromatic carbocycles. The number of hydrogen-bond donors (Lipinski definition) is 2. The second kappa shape index (κ2) is 13.2. The molecule has 0 bridgehead atoms. The molecule has 1 saturated heterocycles. The number of hydrogen-bond acceptors (Lipinski definition) is 4. The molecule has 0 radical (unpaired) electrons. The van der Waals surface area contributed by atoms with Crippen LogP contribution in [0.5, 0.6) is 0 Å². The SMILES string of the molecule is Cc1ccc(C(=O)N=C2Cc3ccc(CN4CCC(CC(=O)O)CC4)cc3N2C2CCC(C(=O)NC(C)C)CC2)cc1. The number of anilines is 1. The number of amidine groups is 1. The quantitative estimate of drug-likeness (QED) is 0.441. The fraction of sp³-hybridized carbons (Fsp3) is 0.529. The minimum Gasteiger partial charge on any atom is -0.481 e. The summed E-state index contributed by atoms with van der Waals surface area (Å²) in [5.41, 5.74) is 5.20. The first-order valence-electron chi connectivity index (χ1n) is 15.5. The van der Waals surface area contributed by atoms with Crippen LogP contribution in [0.3, 0.4) is 0 Å². The molecule has 3 aliphatic rings. The van der Waals surface area contributed by atoms with Crippen LogP contribution < -0.4 is 10.2 Å². The molecule has 5 rings (SSSR count). The van der Waals surface area contributed by atoms with Gasteiger partial charge in [-0.15, -0.1) is 0 Å². The van der Waals surface area contributed by atoms with Gasteiger partial charge < -0.3 is 15.3 Å². The molecule has 0 spiro atoms. The average molecular weight is 573 g/mol. The van der Waals surface area contributed by atoms with Gasteiger partial charge in [0.25, 0.3) is 5.91 Å². The Labute approximate surface area is 249 Å². The molecule has 2 amide bonds. The lowest BCUT2D eigenvalue weighted by Crippen LogP contribution is -2.44. The highest BCUT2D eigenvalue weighted by Gasteiger charge is 2.36. The summed E-state index contributed by atoms with van der Waals surface area (Å²) in [5, 5.41) is 12.2. The molecule has 2 aromatic rings. The van der Waals surface area contributed by atoms with Crippen molar-refractivity contribution in [1.29, 1.82) is 0 Å². The number of rotatable bonds is 8. The Morgan fingerprint density at radius 3 is 2.31 bits per heavy atom. The smallest absolute Gasteiger partial charge is 0.303 e. The predicted octanol–water partition coefficient (Wildman–Crippen LogP) is 5.37. The number of aliphatic carboxylic acids is 1. The molecule has 2 fully saturated rings. The lowest BCUT2D eigenvalue weighted by Gasteiger charge is -2.36. The first kappa shape index (κ1) is 30.0. The number of aryl methyl sites for hydroxylation is 1. The summed E-state index contributed by atoms with van der Waals surface area (Å²) in [6, 6.07) is 14.5. The van der Waals surface area contributed by atoms with Gasteiger partial charge in [-0.3, -0.25) is 19.3 Å². The molecule has 224 valence electrons. The third-order valence-electron chi connectivity index (χ3n) is 9.01. The van der Waals surface area contributed by atoms with Crippen LogP contribution >= 0.6 is 0 Å². The maximum atomic E-state index is 13.2. The molecule has 2 N–H and O–H groups in total. The van der Waals surface area contributed by atoms with E-state index in [9.17, 15) is 14.4 Å². The Hall–Kier alpha value is -3.52. The van der Waals surface area contributed by atoms with Crippen molar-refractivity contribution < 1.29 is 19.5 Å². The Bertz CT molecular complexity index is 1320. The van der Waals surface area contributed by atoms with Crippen LogP contribution in [0, 0.1) is 18.8 Å². The molecule has 0 aromatic heterocycles. The summed E-state index contributed by atoms with van der Waals surface area (Å²) in [5.74, 6) is 0.283. The molecule has 2 heterocycles. The first-order chi connectivity index (χ1) is 20.2. The van der Waals surface area contributed by atoms with E-state index in [0.717, 1.165) is 75.2 Å². The average Bonchev–Trinajstić information content (AvgIpc) is 3.30. The number of fused-ring (bicyclic) bond motifs is 1. The number of carbonyl (C=O) groups is 3. The minimum atomic E-state index is -0.708. The number of carbonyl (C=O) groups excluding carboxylic acids is 2. The lowest BCUT2D eigenvalue weighted by atomic mass is 9.84. The van der Waals surface area contributed by atoms with Gasteiger partial charge in [0.15, 0.2) is 0 Å². The summed E-state index contributed by atoms with van der Waals surface area (Å²) in [4.78, 5) is 46.5. The second-order valence-electron chi connectivity index (χ2n) is 12.7. The highest BCUT2D eigenvalue weighted by atomic mass is 16.4. The van der Waals surface area contributed by atoms with Gasteiger partial charge >= 0.3 is 5.97 Å². The van der Waals surface area contributed by atoms with Crippen molar-refractivity contribution in [1.82, 2.24) is 10.2 Å². The van der Waals surface area contributed by atoms with Crippen molar-refractivity contribution in [3.05, 3.63) is 64.7 Å². The largest absolute Gasteiger partial charge is 0.481 e. The van der Waals surface area contributed by atoms with Gasteiger partial charge in [-0.1, -0.05) is 29.8 Å². The minimum absolute atomic E-state index is 0.0238. The maximum absolute atomic E-state index is 13.2. The summed E-state index contributed by atoms with van der Waals surface area (Å²) >= 11 is 0. The fourth-order valence-corrected chi connectivity index (χ4v) is 6.71. The zero-order chi connectivity index (χ0) is 29.8. The molecule has 1 aliphatic carbocycles. The maximum Gasteiger partial charge on any atom is 0.303 e. The second-order valence-corrected chi connectivity index (χ2v) is 12.7. The van der Waals surface area contributed by atoms with Crippen LogP contribution in [0.4, 0.5) is 5.69 Å². The number of nitrogens with one attached hydrogen (secondary N) is 1. The lowest BCUT2D eigenvalue weighted by molar-refractivity contribution is -0.138. The summed E-state index contributed by atoms with van der Waals surface area (Å²) in [7, 11) is 0. The first-order valence-corrected chi connectivity index (χ1v) is 15.5. The molecular weight excluding hydrogens is 528 g/mol. The van der Waals surface area contributed by atoms with E-state index >= 15 is 0 Å². The zero-order valence-electron chi connectivity index (χ0n) is 25.1. The van der Waals surface area contributed by atoms with Crippen molar-refractivity contribution in [2.24, 2.45) is 16.8 Å². The van der Waals surface area contributed by atoms with E-state index in [1.54, 1.807) is 0 Å². The summed E-state index contributed by atoms with van der Waals surface area (Å²) in [6.45, 7) is 8.61. The number of piperidine rings is 1. The number of nitrogens with zero attached hydrogens (tertiary/aromatic N) is 3. The number of aliphatic imine (C=N–C) groups is 1. The molecule has 8 heteroatoms. The van der Waals surface area contributed by atoms with Crippen LogP contribution in [0.2, 0.25) is 0 Å². The molecular formula is C34H44N4O4. The molecule has 0 atom stereocenters. The van der Waals surface area contributed by atoms with Crippen molar-refractivity contribution in [2.45, 2.75) is 90.8 Å². The predicted molar refractivity (Wildman–Crippen MR) is 165 cm³/mol. The summed E-state index contributed by atoms with van der Waals surface area (Å²) in [6.07, 6.45) is 6.07. The van der Waals surface area contributed by atoms with Gasteiger partial charge in [-0.2, -0.15) is 4.99 Å². The van der Waals surface area contributed by atoms with Crippen molar-refractivity contribution in [2.75, 3.05) is 18.0 Å². The van der Waals surface area contributed by atoms with Gasteiger partial charge in [0.05, 0.1) is 0 Å². The van der Waals surface area contributed by atoms with Crippen LogP contribution in [-0.4, -0.2) is 58.8 Å². The third-order valence-corrected chi connectivity index (χ3v) is 9.01. The molecule has 42 heavy (non-hydrogen) atoms. The van der Waals surface area contributed by atoms with Crippen molar-refractivity contribution >= 4 is 29.3 Å². The normalized spacial score (nSPS) is 22.4. The Kier molecular flexibility index (Phi) is 9.41. The molecule has 1 saturated carbocycles. The van der Waals surface area contributed by atoms with Gasteiger partial charge in [-0.05, 0) is 108 Å². The van der Waals surface area contributed by atoms with Gasteiger partial charge in [0.2, 0.25) is 5.91 Å². The van der Waals surface area contributed by atoms with Gasteiger partial charge in [-0.25, -0.2) is 0 Å². The molecule has 0 unspecified atom stereocenters. The van der Waals surface area contributed by atoms with Crippen molar-refractivity contribution in [3.63, 3.8) is 0 Å². The van der Waals surface area contributed by atoms with E-state index in [2.05, 4.69) is 38.3 Å². The van der Waals surface area contributed by atoms with Gasteiger partial charge in [0, 0.05) is 48.6 Å². The Morgan fingerprint density at radius 1 is 0.976 bits per heavy atom. The van der Waals surface area contributed by atoms with Crippen LogP contribution in [0.15, 0.2) is 47.5 Å². The van der Waals surface area contributed by atoms with E-state index in [1.165, 1.54) is 11.1 Å². The highest BCUT2D eigenvalue weighted by molar-refractivity contribution is 6.12. The standard InChI is InChI=1S/C34H44N4O4/c1-22(2)35-33(41)27-10-12-29(13-11-27)38-30-18-25(21-37-16-14-24(15-17-37)19-32(39)40)6-9-28(30)20-31(38)36-34(42)26-7-4-23(3)5-8-26/h4-9,18,22,24,27,29H,10-17,19-21H2,1-3H3,(H,35,41)(H,39,40). The van der Waals surface area contributed by atoms with Crippen LogP contribution in [0.25, 0.3) is 0 Å². The number of carboxylic acid groups (broad SMARTS) is 1. The third kappa shape index (κ3) is 7.27. The number of amides is 2. The number of carboxylic acids is 1. The van der Waals surface area contributed by atoms with Crippen molar-refractivity contribution in [3.8, 4) is 0 Å². The Morgan fingerprint density at radius 2 is 1.67 bits per heavy atom. The molecule has 2 aliphatic heterocycles. The topological polar surface area (TPSA) is 102 Å². The van der Waals surface area contributed by atoms with Crippen LogP contribution in [-0.2, 0) is 22.6 Å². The monoisotopic (exact) mass is 572 g/mol. The van der Waals surface area contributed by atoms with Crippen LogP contribution in [0.1, 0.15) is 85.8 Å². The highest BCUT2D eigenvalue weighted by Crippen LogP contribution is 2.38. The van der Waals surface area contributed by atoms with E-state index < -0.39 is 5.97 Å². The van der Waals surface area contributed by atoms with E-state index in [-0.39, 0.29) is 42.2 Å². The molecule has 8 nitrogen and oxygen atoms in total. The summed E-state index contributed by atoms with van der Waals surface area (Å²) < 4.78 is 0. The number of likely N-dealkylation sites (tertiary alicyclic amines) is 1. The van der Waals surface area contributed by atoms with E-state index in [0.29, 0.717) is 12.0 Å². The number of benzene rings is 2. The van der Waals surface area contributed by atoms with Gasteiger partial charge in [0.1, 0.15) is 5.84 Å².